The van der Waals surface area contributed by atoms with E-state index in [9.17, 15) is 22.8 Å². The molecule has 0 bridgehead atoms. The number of carbonyl (C=O) groups is 2. The van der Waals surface area contributed by atoms with Crippen LogP contribution in [0.2, 0.25) is 0 Å². The lowest BCUT2D eigenvalue weighted by atomic mass is 9.95. The average molecular weight is 410 g/mol. The van der Waals surface area contributed by atoms with E-state index in [4.69, 9.17) is 4.74 Å². The predicted octanol–water partition coefficient (Wildman–Crippen LogP) is 2.68. The van der Waals surface area contributed by atoms with Gasteiger partial charge in [-0.3, -0.25) is 0 Å². The normalized spacial score (nSPS) is 17.1. The molecule has 3 rings (SSSR count). The number of halogens is 3. The Morgan fingerprint density at radius 2 is 2.00 bits per heavy atom. The number of rotatable bonds is 4. The zero-order chi connectivity index (χ0) is 21.3. The first-order chi connectivity index (χ1) is 13.8. The molecule has 0 radical (unpaired) electrons. The number of carbonyl (C=O) groups excluding carboxylic acids is 2. The van der Waals surface area contributed by atoms with E-state index in [2.05, 4.69) is 15.3 Å². The third-order valence-electron chi connectivity index (χ3n) is 4.95. The van der Waals surface area contributed by atoms with Gasteiger partial charge in [0.1, 0.15) is 12.1 Å². The van der Waals surface area contributed by atoms with Gasteiger partial charge < -0.3 is 19.9 Å². The molecule has 2 heterocycles. The van der Waals surface area contributed by atoms with Crippen molar-refractivity contribution < 1.29 is 27.5 Å². The third-order valence-corrected chi connectivity index (χ3v) is 4.95. The molecule has 0 saturated carbocycles. The number of hydrogen-bond acceptors (Lipinski definition) is 4. The molecule has 1 aromatic carbocycles. The summed E-state index contributed by atoms with van der Waals surface area (Å²) in [6.45, 7) is 3.61. The van der Waals surface area contributed by atoms with Gasteiger partial charge in [-0.15, -0.1) is 0 Å². The molecule has 1 unspecified atom stereocenters. The Labute approximate surface area is 165 Å². The van der Waals surface area contributed by atoms with Crippen LogP contribution in [-0.2, 0) is 16.0 Å². The van der Waals surface area contributed by atoms with Gasteiger partial charge in [-0.25, -0.2) is 27.7 Å². The van der Waals surface area contributed by atoms with Crippen LogP contribution < -0.4 is 5.32 Å². The number of urea groups is 1. The van der Waals surface area contributed by atoms with Crippen molar-refractivity contribution in [2.45, 2.75) is 32.4 Å². The molecule has 2 N–H and O–H groups in total. The predicted molar refractivity (Wildman–Crippen MR) is 96.3 cm³/mol. The Balaban J connectivity index is 2.00. The number of hydrogen-bond donors (Lipinski definition) is 2. The highest BCUT2D eigenvalue weighted by molar-refractivity contribution is 5.84. The Morgan fingerprint density at radius 1 is 1.28 bits per heavy atom. The maximum atomic E-state index is 14.6. The summed E-state index contributed by atoms with van der Waals surface area (Å²) in [5.74, 6) is -5.24. The first kappa shape index (κ1) is 20.7. The lowest BCUT2D eigenvalue weighted by Gasteiger charge is -2.36. The van der Waals surface area contributed by atoms with E-state index in [0.717, 1.165) is 12.1 Å². The summed E-state index contributed by atoms with van der Waals surface area (Å²) in [4.78, 5) is 33.3. The van der Waals surface area contributed by atoms with Gasteiger partial charge >= 0.3 is 12.0 Å². The highest BCUT2D eigenvalue weighted by Gasteiger charge is 2.38. The average Bonchev–Trinajstić information content (AvgIpc) is 3.18. The lowest BCUT2D eigenvalue weighted by molar-refractivity contribution is -0.144. The molecule has 1 aliphatic rings. The third kappa shape index (κ3) is 3.79. The number of esters is 1. The summed E-state index contributed by atoms with van der Waals surface area (Å²) in [7, 11) is 1.21. The number of benzene rings is 1. The highest BCUT2D eigenvalue weighted by atomic mass is 19.2. The van der Waals surface area contributed by atoms with Crippen molar-refractivity contribution in [1.29, 1.82) is 0 Å². The number of H-pyrrole nitrogens is 1. The summed E-state index contributed by atoms with van der Waals surface area (Å²) >= 11 is 0. The van der Waals surface area contributed by atoms with E-state index in [0.29, 0.717) is 17.8 Å². The summed E-state index contributed by atoms with van der Waals surface area (Å²) in [5.41, 5.74) is 0.762. The lowest BCUT2D eigenvalue weighted by Crippen LogP contribution is -2.53. The van der Waals surface area contributed by atoms with Gasteiger partial charge in [-0.2, -0.15) is 0 Å². The molecular weight excluding hydrogens is 389 g/mol. The van der Waals surface area contributed by atoms with Gasteiger partial charge in [0.25, 0.3) is 0 Å². The molecule has 10 heteroatoms. The molecule has 2 atom stereocenters. The van der Waals surface area contributed by atoms with Gasteiger partial charge in [0.2, 0.25) is 0 Å². The van der Waals surface area contributed by atoms with Crippen LogP contribution in [0.25, 0.3) is 0 Å². The molecule has 2 amide bonds. The van der Waals surface area contributed by atoms with Gasteiger partial charge in [0.05, 0.1) is 19.1 Å². The van der Waals surface area contributed by atoms with Crippen molar-refractivity contribution in [1.82, 2.24) is 20.2 Å². The summed E-state index contributed by atoms with van der Waals surface area (Å²) in [6, 6.07) is -0.801. The van der Waals surface area contributed by atoms with Crippen LogP contribution in [0.15, 0.2) is 18.5 Å². The first-order valence-electron chi connectivity index (χ1n) is 9.06. The fraction of sp³-hybridized carbons (Fsp3) is 0.421. The summed E-state index contributed by atoms with van der Waals surface area (Å²) in [5, 5.41) is 2.59. The maximum absolute atomic E-state index is 14.6. The second-order valence-corrected chi connectivity index (χ2v) is 7.07. The molecule has 2 aromatic rings. The van der Waals surface area contributed by atoms with Crippen molar-refractivity contribution >= 4 is 12.0 Å². The van der Waals surface area contributed by atoms with Crippen LogP contribution in [0.3, 0.4) is 0 Å². The van der Waals surface area contributed by atoms with Crippen molar-refractivity contribution in [3.05, 3.63) is 52.9 Å². The molecule has 0 fully saturated rings. The molecule has 29 heavy (non-hydrogen) atoms. The fourth-order valence-electron chi connectivity index (χ4n) is 3.40. The van der Waals surface area contributed by atoms with Crippen molar-refractivity contribution in [3.63, 3.8) is 0 Å². The second kappa shape index (κ2) is 8.14. The smallest absolute Gasteiger partial charge is 0.328 e. The molecule has 0 aliphatic carbocycles. The number of amides is 2. The fourth-order valence-corrected chi connectivity index (χ4v) is 3.40. The van der Waals surface area contributed by atoms with E-state index in [1.165, 1.54) is 18.3 Å². The van der Waals surface area contributed by atoms with Gasteiger partial charge in [-0.1, -0.05) is 19.9 Å². The minimum atomic E-state index is -1.62. The molecular formula is C19H21F3N4O3. The van der Waals surface area contributed by atoms with Gasteiger partial charge in [0.15, 0.2) is 17.5 Å². The number of imidazole rings is 1. The molecule has 0 spiro atoms. The summed E-state index contributed by atoms with van der Waals surface area (Å²) < 4.78 is 46.6. The van der Waals surface area contributed by atoms with Crippen molar-refractivity contribution in [2.24, 2.45) is 5.92 Å². The van der Waals surface area contributed by atoms with E-state index in [1.807, 2.05) is 0 Å². The van der Waals surface area contributed by atoms with Crippen LogP contribution in [0, 0.1) is 23.4 Å². The van der Waals surface area contributed by atoms with E-state index in [1.54, 1.807) is 13.8 Å². The topological polar surface area (TPSA) is 87.3 Å². The Kier molecular flexibility index (Phi) is 5.81. The minimum Gasteiger partial charge on any atom is -0.467 e. The highest BCUT2D eigenvalue weighted by Crippen LogP contribution is 2.35. The number of nitrogens with zero attached hydrogens (tertiary/aromatic N) is 2. The molecule has 7 nitrogen and oxygen atoms in total. The van der Waals surface area contributed by atoms with Crippen molar-refractivity contribution in [3.8, 4) is 0 Å². The molecule has 1 aliphatic heterocycles. The largest absolute Gasteiger partial charge is 0.467 e. The standard InChI is InChI=1S/C19H21F3N4O3/c1-9(2)15(18(27)29-3)25-19(28)26-7-6-12-16(24-8-23-12)17(26)10-4-5-11(20)14(22)13(10)21/h4-5,8-9,15,17H,6-7H2,1-3H3,(H,23,24)(H,25,28)/t15-,17?/m0/s1. The number of nitrogens with one attached hydrogen (secondary N) is 2. The summed E-state index contributed by atoms with van der Waals surface area (Å²) in [6.07, 6.45) is 1.79. The molecule has 0 saturated heterocycles. The SMILES string of the molecule is COC(=O)[C@@H](NC(=O)N1CCc2[nH]cnc2C1c1ccc(F)c(F)c1F)C(C)C. The van der Waals surface area contributed by atoms with Crippen LogP contribution >= 0.6 is 0 Å². The van der Waals surface area contributed by atoms with Crippen LogP contribution in [0.4, 0.5) is 18.0 Å². The van der Waals surface area contributed by atoms with E-state index < -0.39 is 41.5 Å². The maximum Gasteiger partial charge on any atom is 0.328 e. The zero-order valence-electron chi connectivity index (χ0n) is 16.1. The van der Waals surface area contributed by atoms with E-state index >= 15 is 0 Å². The molecule has 156 valence electrons. The second-order valence-electron chi connectivity index (χ2n) is 7.07. The zero-order valence-corrected chi connectivity index (χ0v) is 16.1. The number of aromatic nitrogens is 2. The van der Waals surface area contributed by atoms with Crippen LogP contribution in [0.1, 0.15) is 36.8 Å². The Morgan fingerprint density at radius 3 is 2.66 bits per heavy atom. The van der Waals surface area contributed by atoms with Crippen LogP contribution in [-0.4, -0.2) is 46.6 Å². The first-order valence-corrected chi connectivity index (χ1v) is 9.06. The number of aromatic amines is 1. The van der Waals surface area contributed by atoms with Crippen LogP contribution in [0.5, 0.6) is 0 Å². The van der Waals surface area contributed by atoms with E-state index in [-0.39, 0.29) is 18.0 Å². The monoisotopic (exact) mass is 410 g/mol. The number of ether oxygens (including phenoxy) is 1. The minimum absolute atomic E-state index is 0.149. The Hall–Kier alpha value is -3.04. The number of methoxy groups -OCH3 is 1. The quantitative estimate of drug-likeness (QED) is 0.599. The van der Waals surface area contributed by atoms with Gasteiger partial charge in [-0.05, 0) is 12.0 Å². The Bertz CT molecular complexity index is 931. The van der Waals surface area contributed by atoms with Gasteiger partial charge in [0, 0.05) is 24.2 Å². The number of fused-ring (bicyclic) bond motifs is 1. The molecule has 1 aromatic heterocycles. The van der Waals surface area contributed by atoms with Crippen molar-refractivity contribution in [2.75, 3.05) is 13.7 Å².